The first-order valence-corrected chi connectivity index (χ1v) is 9.82. The fourth-order valence-corrected chi connectivity index (χ4v) is 4.29. The van der Waals surface area contributed by atoms with Gasteiger partial charge in [0.1, 0.15) is 5.70 Å². The SMILES string of the molecule is CC1CCN(C2=C(c3cccs3)C(=O)N(Cc3ccccn3)C2=O)CC1. The Labute approximate surface area is 157 Å². The number of aromatic nitrogens is 1. The predicted octanol–water partition coefficient (Wildman–Crippen LogP) is 3.16. The zero-order valence-corrected chi connectivity index (χ0v) is 15.5. The largest absolute Gasteiger partial charge is 0.366 e. The van der Waals surface area contributed by atoms with E-state index in [1.807, 2.05) is 35.7 Å². The zero-order chi connectivity index (χ0) is 18.1. The van der Waals surface area contributed by atoms with Gasteiger partial charge in [0.15, 0.2) is 0 Å². The molecule has 0 bridgehead atoms. The van der Waals surface area contributed by atoms with Crippen molar-refractivity contribution in [2.45, 2.75) is 26.3 Å². The van der Waals surface area contributed by atoms with Crippen LogP contribution in [-0.4, -0.2) is 39.7 Å². The van der Waals surface area contributed by atoms with Crippen LogP contribution >= 0.6 is 11.3 Å². The molecule has 4 heterocycles. The molecule has 1 fully saturated rings. The summed E-state index contributed by atoms with van der Waals surface area (Å²) in [5, 5.41) is 1.94. The van der Waals surface area contributed by atoms with Crippen LogP contribution in [0.5, 0.6) is 0 Å². The van der Waals surface area contributed by atoms with Crippen molar-refractivity contribution < 1.29 is 9.59 Å². The van der Waals surface area contributed by atoms with Gasteiger partial charge >= 0.3 is 0 Å². The normalized spacial score (nSPS) is 19.0. The second kappa shape index (κ2) is 7.03. The van der Waals surface area contributed by atoms with Crippen molar-refractivity contribution in [3.8, 4) is 0 Å². The zero-order valence-electron chi connectivity index (χ0n) is 14.7. The summed E-state index contributed by atoms with van der Waals surface area (Å²) in [7, 11) is 0. The summed E-state index contributed by atoms with van der Waals surface area (Å²) in [5.41, 5.74) is 1.84. The molecule has 0 aromatic carbocycles. The minimum Gasteiger partial charge on any atom is -0.366 e. The number of thiophene rings is 1. The van der Waals surface area contributed by atoms with Crippen LogP contribution in [0.15, 0.2) is 47.6 Å². The highest BCUT2D eigenvalue weighted by Crippen LogP contribution is 2.36. The molecule has 4 rings (SSSR count). The van der Waals surface area contributed by atoms with Crippen LogP contribution in [0.2, 0.25) is 0 Å². The summed E-state index contributed by atoms with van der Waals surface area (Å²) in [4.78, 5) is 34.9. The molecule has 0 N–H and O–H groups in total. The van der Waals surface area contributed by atoms with Crippen molar-refractivity contribution in [1.29, 1.82) is 0 Å². The monoisotopic (exact) mass is 367 g/mol. The molecule has 0 aliphatic carbocycles. The summed E-state index contributed by atoms with van der Waals surface area (Å²) in [6, 6.07) is 9.37. The van der Waals surface area contributed by atoms with E-state index < -0.39 is 0 Å². The Balaban J connectivity index is 1.69. The molecule has 2 aliphatic heterocycles. The molecular formula is C20H21N3O2S. The molecule has 2 aromatic rings. The fourth-order valence-electron chi connectivity index (χ4n) is 3.53. The number of piperidine rings is 1. The Morgan fingerprint density at radius 1 is 1.12 bits per heavy atom. The second-order valence-corrected chi connectivity index (χ2v) is 7.84. The van der Waals surface area contributed by atoms with Gasteiger partial charge in [-0.25, -0.2) is 0 Å². The predicted molar refractivity (Wildman–Crippen MR) is 101 cm³/mol. The summed E-state index contributed by atoms with van der Waals surface area (Å²) < 4.78 is 0. The smallest absolute Gasteiger partial charge is 0.278 e. The van der Waals surface area contributed by atoms with Gasteiger partial charge in [0.25, 0.3) is 11.8 Å². The number of imide groups is 1. The lowest BCUT2D eigenvalue weighted by molar-refractivity contribution is -0.138. The topological polar surface area (TPSA) is 53.5 Å². The van der Waals surface area contributed by atoms with Crippen LogP contribution in [0.1, 0.15) is 30.3 Å². The molecule has 0 unspecified atom stereocenters. The summed E-state index contributed by atoms with van der Waals surface area (Å²) in [6.07, 6.45) is 3.77. The molecular weight excluding hydrogens is 346 g/mol. The van der Waals surface area contributed by atoms with Gasteiger partial charge < -0.3 is 4.90 Å². The van der Waals surface area contributed by atoms with E-state index in [1.54, 1.807) is 6.20 Å². The van der Waals surface area contributed by atoms with Crippen molar-refractivity contribution in [3.05, 3.63) is 58.2 Å². The van der Waals surface area contributed by atoms with Crippen molar-refractivity contribution >= 4 is 28.7 Å². The molecule has 6 heteroatoms. The number of rotatable bonds is 4. The molecule has 2 amide bonds. The first-order chi connectivity index (χ1) is 12.6. The molecule has 0 atom stereocenters. The number of hydrogen-bond acceptors (Lipinski definition) is 5. The van der Waals surface area contributed by atoms with Gasteiger partial charge in [0.2, 0.25) is 0 Å². The number of carbonyl (C=O) groups excluding carboxylic acids is 2. The summed E-state index contributed by atoms with van der Waals surface area (Å²) in [6.45, 7) is 4.09. The quantitative estimate of drug-likeness (QED) is 0.779. The first kappa shape index (κ1) is 17.0. The van der Waals surface area contributed by atoms with Gasteiger partial charge in [-0.3, -0.25) is 19.5 Å². The average Bonchev–Trinajstić information content (AvgIpc) is 3.26. The van der Waals surface area contributed by atoms with Crippen LogP contribution in [0.3, 0.4) is 0 Å². The maximum absolute atomic E-state index is 13.2. The highest BCUT2D eigenvalue weighted by molar-refractivity contribution is 7.11. The third kappa shape index (κ3) is 3.05. The van der Waals surface area contributed by atoms with Crippen molar-refractivity contribution in [2.75, 3.05) is 13.1 Å². The molecule has 2 aliphatic rings. The highest BCUT2D eigenvalue weighted by Gasteiger charge is 2.42. The lowest BCUT2D eigenvalue weighted by Crippen LogP contribution is -2.38. The number of carbonyl (C=O) groups is 2. The standard InChI is InChI=1S/C20H21N3O2S/c1-14-7-10-22(11-8-14)18-17(16-6-4-12-26-16)19(24)23(20(18)25)13-15-5-2-3-9-21-15/h2-6,9,12,14H,7-8,10-11,13H2,1H3. The van der Waals surface area contributed by atoms with Crippen LogP contribution in [-0.2, 0) is 16.1 Å². The number of nitrogens with zero attached hydrogens (tertiary/aromatic N) is 3. The number of amides is 2. The molecule has 1 saturated heterocycles. The third-order valence-electron chi connectivity index (χ3n) is 5.06. The van der Waals surface area contributed by atoms with Crippen LogP contribution < -0.4 is 0 Å². The third-order valence-corrected chi connectivity index (χ3v) is 5.94. The van der Waals surface area contributed by atoms with Crippen molar-refractivity contribution in [3.63, 3.8) is 0 Å². The van der Waals surface area contributed by atoms with Crippen LogP contribution in [0.25, 0.3) is 5.57 Å². The van der Waals surface area contributed by atoms with Gasteiger partial charge in [0, 0.05) is 24.2 Å². The lowest BCUT2D eigenvalue weighted by atomic mass is 9.98. The molecule has 0 radical (unpaired) electrons. The number of pyridine rings is 1. The Morgan fingerprint density at radius 3 is 2.58 bits per heavy atom. The second-order valence-electron chi connectivity index (χ2n) is 6.89. The minimum absolute atomic E-state index is 0.196. The Kier molecular flexibility index (Phi) is 4.59. The summed E-state index contributed by atoms with van der Waals surface area (Å²) >= 11 is 1.50. The van der Waals surface area contributed by atoms with Crippen molar-refractivity contribution in [1.82, 2.24) is 14.8 Å². The van der Waals surface area contributed by atoms with E-state index in [2.05, 4.69) is 16.8 Å². The fraction of sp³-hybridized carbons (Fsp3) is 0.350. The van der Waals surface area contributed by atoms with E-state index in [-0.39, 0.29) is 18.4 Å². The van der Waals surface area contributed by atoms with Gasteiger partial charge in [-0.2, -0.15) is 0 Å². The first-order valence-electron chi connectivity index (χ1n) is 8.94. The van der Waals surface area contributed by atoms with Crippen molar-refractivity contribution in [2.24, 2.45) is 5.92 Å². The average molecular weight is 367 g/mol. The Bertz CT molecular complexity index is 837. The van der Waals surface area contributed by atoms with Gasteiger partial charge in [-0.15, -0.1) is 11.3 Å². The van der Waals surface area contributed by atoms with E-state index >= 15 is 0 Å². The number of likely N-dealkylation sites (tertiary alicyclic amines) is 1. The Hall–Kier alpha value is -2.47. The van der Waals surface area contributed by atoms with E-state index in [4.69, 9.17) is 0 Å². The Morgan fingerprint density at radius 2 is 1.92 bits per heavy atom. The maximum Gasteiger partial charge on any atom is 0.278 e. The molecule has 26 heavy (non-hydrogen) atoms. The van der Waals surface area contributed by atoms with Gasteiger partial charge in [-0.05, 0) is 42.3 Å². The van der Waals surface area contributed by atoms with E-state index in [0.717, 1.165) is 30.8 Å². The molecule has 2 aromatic heterocycles. The molecule has 0 saturated carbocycles. The molecule has 134 valence electrons. The molecule has 5 nitrogen and oxygen atoms in total. The van der Waals surface area contributed by atoms with E-state index in [1.165, 1.54) is 16.2 Å². The minimum atomic E-state index is -0.211. The summed E-state index contributed by atoms with van der Waals surface area (Å²) in [5.74, 6) is 0.254. The lowest BCUT2D eigenvalue weighted by Gasteiger charge is -2.32. The van der Waals surface area contributed by atoms with E-state index in [9.17, 15) is 9.59 Å². The maximum atomic E-state index is 13.2. The molecule has 0 spiro atoms. The van der Waals surface area contributed by atoms with Gasteiger partial charge in [-0.1, -0.05) is 19.1 Å². The number of hydrogen-bond donors (Lipinski definition) is 0. The van der Waals surface area contributed by atoms with E-state index in [0.29, 0.717) is 22.9 Å². The van der Waals surface area contributed by atoms with Crippen LogP contribution in [0, 0.1) is 5.92 Å². The van der Waals surface area contributed by atoms with Gasteiger partial charge in [0.05, 0.1) is 17.8 Å². The highest BCUT2D eigenvalue weighted by atomic mass is 32.1. The van der Waals surface area contributed by atoms with Crippen LogP contribution in [0.4, 0.5) is 0 Å².